The highest BCUT2D eigenvalue weighted by molar-refractivity contribution is 5.77. The van der Waals surface area contributed by atoms with Crippen LogP contribution in [0.25, 0.3) is 22.3 Å². The molecule has 0 aliphatic carbocycles. The summed E-state index contributed by atoms with van der Waals surface area (Å²) in [5.74, 6) is -1.25. The number of ether oxygens (including phenoxy) is 2. The second-order valence-corrected chi connectivity index (χ2v) is 5.70. The standard InChI is InChI=1S/C19H11F6NO3/c20-18(21,22)28-15-7-3-1-5-11(15)13-9-26-10-14(17(13)27)12-6-2-4-8-16(12)29-19(23,24)25/h1-10H,(H,26,27). The molecule has 0 saturated carbocycles. The van der Waals surface area contributed by atoms with E-state index >= 15 is 0 Å². The summed E-state index contributed by atoms with van der Waals surface area (Å²) in [5.41, 5.74) is -1.60. The fourth-order valence-corrected chi connectivity index (χ4v) is 2.69. The van der Waals surface area contributed by atoms with Crippen LogP contribution in [0.1, 0.15) is 0 Å². The highest BCUT2D eigenvalue weighted by Gasteiger charge is 2.33. The number of nitrogens with one attached hydrogen (secondary N) is 1. The van der Waals surface area contributed by atoms with E-state index in [0.717, 1.165) is 24.5 Å². The van der Waals surface area contributed by atoms with Gasteiger partial charge in [-0.15, -0.1) is 26.3 Å². The maximum Gasteiger partial charge on any atom is 0.573 e. The molecular formula is C19H11F6NO3. The Bertz CT molecular complexity index is 992. The van der Waals surface area contributed by atoms with Crippen molar-refractivity contribution in [2.24, 2.45) is 0 Å². The lowest BCUT2D eigenvalue weighted by molar-refractivity contribution is -0.275. The molecule has 2 aromatic carbocycles. The molecule has 0 spiro atoms. The average molecular weight is 415 g/mol. The van der Waals surface area contributed by atoms with Gasteiger partial charge in [0.2, 0.25) is 0 Å². The van der Waals surface area contributed by atoms with Crippen LogP contribution in [0.2, 0.25) is 0 Å². The van der Waals surface area contributed by atoms with E-state index in [2.05, 4.69) is 14.5 Å². The molecule has 4 nitrogen and oxygen atoms in total. The topological polar surface area (TPSA) is 51.3 Å². The van der Waals surface area contributed by atoms with Crippen LogP contribution in [-0.4, -0.2) is 17.7 Å². The number of H-pyrrole nitrogens is 1. The van der Waals surface area contributed by atoms with E-state index in [1.807, 2.05) is 0 Å². The number of rotatable bonds is 4. The minimum Gasteiger partial charge on any atom is -0.405 e. The van der Waals surface area contributed by atoms with Gasteiger partial charge in [-0.3, -0.25) is 4.79 Å². The van der Waals surface area contributed by atoms with Crippen molar-refractivity contribution in [3.8, 4) is 33.8 Å². The highest BCUT2D eigenvalue weighted by Crippen LogP contribution is 2.35. The molecule has 0 saturated heterocycles. The number of hydrogen-bond acceptors (Lipinski definition) is 3. The van der Waals surface area contributed by atoms with Crippen molar-refractivity contribution in [2.45, 2.75) is 12.7 Å². The summed E-state index contributed by atoms with van der Waals surface area (Å²) in [4.78, 5) is 15.5. The second-order valence-electron chi connectivity index (χ2n) is 5.70. The van der Waals surface area contributed by atoms with E-state index in [4.69, 9.17) is 0 Å². The molecule has 0 radical (unpaired) electrons. The summed E-state index contributed by atoms with van der Waals surface area (Å²) in [6.07, 6.45) is -7.71. The third kappa shape index (κ3) is 4.89. The van der Waals surface area contributed by atoms with Crippen LogP contribution < -0.4 is 14.9 Å². The van der Waals surface area contributed by atoms with Crippen molar-refractivity contribution >= 4 is 0 Å². The molecule has 1 heterocycles. The van der Waals surface area contributed by atoms with Crippen LogP contribution >= 0.6 is 0 Å². The van der Waals surface area contributed by atoms with Gasteiger partial charge in [0.1, 0.15) is 11.5 Å². The summed E-state index contributed by atoms with van der Waals surface area (Å²) < 4.78 is 83.9. The molecule has 0 atom stereocenters. The number of benzene rings is 2. The molecule has 152 valence electrons. The molecule has 3 aromatic rings. The van der Waals surface area contributed by atoms with Crippen molar-refractivity contribution in [1.82, 2.24) is 4.98 Å². The SMILES string of the molecule is O=c1c(-c2ccccc2OC(F)(F)F)c[nH]cc1-c1ccccc1OC(F)(F)F. The maximum absolute atomic E-state index is 12.9. The zero-order valence-electron chi connectivity index (χ0n) is 14.3. The van der Waals surface area contributed by atoms with Gasteiger partial charge in [-0.05, 0) is 12.1 Å². The summed E-state index contributed by atoms with van der Waals surface area (Å²) in [6.45, 7) is 0. The summed E-state index contributed by atoms with van der Waals surface area (Å²) in [5, 5.41) is 0. The van der Waals surface area contributed by atoms with Crippen LogP contribution in [0.5, 0.6) is 11.5 Å². The molecule has 0 fully saturated rings. The molecule has 0 amide bonds. The zero-order valence-corrected chi connectivity index (χ0v) is 14.3. The first kappa shape index (κ1) is 20.3. The fourth-order valence-electron chi connectivity index (χ4n) is 2.69. The van der Waals surface area contributed by atoms with E-state index in [1.165, 1.54) is 36.4 Å². The van der Waals surface area contributed by atoms with E-state index in [9.17, 15) is 31.1 Å². The Kier molecular flexibility index (Phi) is 5.27. The molecule has 0 unspecified atom stereocenters. The van der Waals surface area contributed by atoms with Crippen LogP contribution in [0, 0.1) is 0 Å². The first-order valence-electron chi connectivity index (χ1n) is 7.96. The van der Waals surface area contributed by atoms with E-state index < -0.39 is 29.7 Å². The van der Waals surface area contributed by atoms with Gasteiger partial charge >= 0.3 is 12.7 Å². The van der Waals surface area contributed by atoms with Crippen molar-refractivity contribution < 1.29 is 35.8 Å². The van der Waals surface area contributed by atoms with Gasteiger partial charge in [0.25, 0.3) is 0 Å². The first-order chi connectivity index (χ1) is 13.6. The second kappa shape index (κ2) is 7.53. The predicted octanol–water partition coefficient (Wildman–Crippen LogP) is 5.51. The smallest absolute Gasteiger partial charge is 0.405 e. The molecule has 29 heavy (non-hydrogen) atoms. The number of aromatic amines is 1. The number of hydrogen-bond donors (Lipinski definition) is 1. The molecule has 0 aliphatic heterocycles. The van der Waals surface area contributed by atoms with Crippen molar-refractivity contribution in [3.63, 3.8) is 0 Å². The third-order valence-corrected chi connectivity index (χ3v) is 3.75. The molecule has 0 bridgehead atoms. The summed E-state index contributed by atoms with van der Waals surface area (Å²) in [7, 11) is 0. The number of pyridine rings is 1. The normalized spacial score (nSPS) is 11.9. The maximum atomic E-state index is 12.9. The highest BCUT2D eigenvalue weighted by atomic mass is 19.4. The van der Waals surface area contributed by atoms with Crippen LogP contribution in [0.4, 0.5) is 26.3 Å². The largest absolute Gasteiger partial charge is 0.573 e. The molecule has 0 aliphatic rings. The van der Waals surface area contributed by atoms with Crippen molar-refractivity contribution in [1.29, 1.82) is 0 Å². The third-order valence-electron chi connectivity index (χ3n) is 3.75. The lowest BCUT2D eigenvalue weighted by Gasteiger charge is -2.15. The van der Waals surface area contributed by atoms with Gasteiger partial charge in [-0.25, -0.2) is 0 Å². The average Bonchev–Trinajstić information content (AvgIpc) is 2.61. The number of alkyl halides is 6. The lowest BCUT2D eigenvalue weighted by Crippen LogP contribution is -2.19. The Balaban J connectivity index is 2.14. The van der Waals surface area contributed by atoms with E-state index in [-0.39, 0.29) is 22.3 Å². The van der Waals surface area contributed by atoms with Gasteiger partial charge < -0.3 is 14.5 Å². The van der Waals surface area contributed by atoms with Gasteiger partial charge in [0, 0.05) is 34.6 Å². The Morgan fingerprint density at radius 3 is 1.38 bits per heavy atom. The Morgan fingerprint density at radius 1 is 0.621 bits per heavy atom. The van der Waals surface area contributed by atoms with Crippen molar-refractivity contribution in [3.05, 3.63) is 71.1 Å². The number of aromatic nitrogens is 1. The Morgan fingerprint density at radius 2 is 1.00 bits per heavy atom. The number of halogens is 6. The van der Waals surface area contributed by atoms with Gasteiger partial charge in [-0.1, -0.05) is 36.4 Å². The Hall–Kier alpha value is -3.43. The first-order valence-corrected chi connectivity index (χ1v) is 7.96. The minimum atomic E-state index is -4.99. The van der Waals surface area contributed by atoms with Gasteiger partial charge in [0.15, 0.2) is 5.43 Å². The molecule has 1 N–H and O–H groups in total. The Labute approximate surface area is 159 Å². The molecular weight excluding hydrogens is 404 g/mol. The van der Waals surface area contributed by atoms with Gasteiger partial charge in [-0.2, -0.15) is 0 Å². The van der Waals surface area contributed by atoms with E-state index in [1.54, 1.807) is 0 Å². The van der Waals surface area contributed by atoms with Crippen LogP contribution in [0.15, 0.2) is 65.7 Å². The van der Waals surface area contributed by atoms with Crippen LogP contribution in [-0.2, 0) is 0 Å². The van der Waals surface area contributed by atoms with Crippen molar-refractivity contribution in [2.75, 3.05) is 0 Å². The lowest BCUT2D eigenvalue weighted by atomic mass is 10.00. The fraction of sp³-hybridized carbons (Fsp3) is 0.105. The quantitative estimate of drug-likeness (QED) is 0.572. The predicted molar refractivity (Wildman–Crippen MR) is 91.3 cm³/mol. The molecule has 1 aromatic heterocycles. The zero-order chi connectivity index (χ0) is 21.2. The minimum absolute atomic E-state index is 0.179. The van der Waals surface area contributed by atoms with E-state index in [0.29, 0.717) is 0 Å². The molecule has 3 rings (SSSR count). The van der Waals surface area contributed by atoms with Gasteiger partial charge in [0.05, 0.1) is 0 Å². The van der Waals surface area contributed by atoms with Crippen LogP contribution in [0.3, 0.4) is 0 Å². The summed E-state index contributed by atoms with van der Waals surface area (Å²) >= 11 is 0. The number of para-hydroxylation sites is 2. The molecule has 10 heteroatoms. The summed E-state index contributed by atoms with van der Waals surface area (Å²) in [6, 6.07) is 9.87. The monoisotopic (exact) mass is 415 g/mol.